The standard InChI is InChI=1S/C11H18O/c1-4-10-7-9(8-12)5-6-11(10,2)3/h7-9H,4-6H2,1-3H3. The van der Waals surface area contributed by atoms with Gasteiger partial charge in [0.25, 0.3) is 0 Å². The molecule has 0 aromatic heterocycles. The Morgan fingerprint density at radius 2 is 2.33 bits per heavy atom. The zero-order valence-corrected chi connectivity index (χ0v) is 8.26. The maximum absolute atomic E-state index is 10.6. The van der Waals surface area contributed by atoms with E-state index in [9.17, 15) is 4.79 Å². The quantitative estimate of drug-likeness (QED) is 0.455. The van der Waals surface area contributed by atoms with E-state index < -0.39 is 0 Å². The maximum Gasteiger partial charge on any atom is 0.126 e. The Morgan fingerprint density at radius 1 is 1.67 bits per heavy atom. The van der Waals surface area contributed by atoms with Gasteiger partial charge in [-0.3, -0.25) is 0 Å². The van der Waals surface area contributed by atoms with Crippen molar-refractivity contribution >= 4 is 6.29 Å². The topological polar surface area (TPSA) is 17.1 Å². The lowest BCUT2D eigenvalue weighted by Crippen LogP contribution is -2.22. The van der Waals surface area contributed by atoms with Crippen molar-refractivity contribution < 1.29 is 4.79 Å². The van der Waals surface area contributed by atoms with Crippen molar-refractivity contribution in [3.05, 3.63) is 11.6 Å². The maximum atomic E-state index is 10.6. The van der Waals surface area contributed by atoms with E-state index in [0.29, 0.717) is 5.41 Å². The van der Waals surface area contributed by atoms with Gasteiger partial charge in [0.2, 0.25) is 0 Å². The van der Waals surface area contributed by atoms with E-state index in [1.165, 1.54) is 5.57 Å². The largest absolute Gasteiger partial charge is 0.303 e. The molecule has 0 amide bonds. The molecule has 0 aromatic carbocycles. The predicted octanol–water partition coefficient (Wildman–Crippen LogP) is 2.96. The van der Waals surface area contributed by atoms with Crippen LogP contribution in [0.3, 0.4) is 0 Å². The van der Waals surface area contributed by atoms with E-state index in [0.717, 1.165) is 25.5 Å². The highest BCUT2D eigenvalue weighted by molar-refractivity contribution is 5.57. The summed E-state index contributed by atoms with van der Waals surface area (Å²) in [5.74, 6) is 0.188. The highest BCUT2D eigenvalue weighted by Crippen LogP contribution is 2.39. The van der Waals surface area contributed by atoms with E-state index in [2.05, 4.69) is 26.8 Å². The summed E-state index contributed by atoms with van der Waals surface area (Å²) in [6, 6.07) is 0. The second-order valence-electron chi connectivity index (χ2n) is 4.27. The number of rotatable bonds is 2. The van der Waals surface area contributed by atoms with E-state index >= 15 is 0 Å². The molecule has 1 aliphatic rings. The van der Waals surface area contributed by atoms with Crippen LogP contribution in [-0.2, 0) is 4.79 Å². The molecule has 12 heavy (non-hydrogen) atoms. The van der Waals surface area contributed by atoms with Gasteiger partial charge < -0.3 is 4.79 Å². The van der Waals surface area contributed by atoms with Crippen LogP contribution in [0.15, 0.2) is 11.6 Å². The molecule has 0 radical (unpaired) electrons. The fourth-order valence-electron chi connectivity index (χ4n) is 1.96. The number of carbonyl (C=O) groups is 1. The van der Waals surface area contributed by atoms with Gasteiger partial charge in [-0.05, 0) is 24.7 Å². The molecule has 0 spiro atoms. The van der Waals surface area contributed by atoms with E-state index in [4.69, 9.17) is 0 Å². The summed E-state index contributed by atoms with van der Waals surface area (Å²) in [4.78, 5) is 10.6. The van der Waals surface area contributed by atoms with Gasteiger partial charge in [-0.15, -0.1) is 0 Å². The van der Waals surface area contributed by atoms with Crippen molar-refractivity contribution in [2.45, 2.75) is 40.0 Å². The first-order chi connectivity index (χ1) is 5.60. The Morgan fingerprint density at radius 3 is 2.83 bits per heavy atom. The summed E-state index contributed by atoms with van der Waals surface area (Å²) in [7, 11) is 0. The second-order valence-corrected chi connectivity index (χ2v) is 4.27. The van der Waals surface area contributed by atoms with Gasteiger partial charge in [-0.1, -0.05) is 32.4 Å². The van der Waals surface area contributed by atoms with Crippen LogP contribution >= 0.6 is 0 Å². The van der Waals surface area contributed by atoms with E-state index in [-0.39, 0.29) is 5.92 Å². The van der Waals surface area contributed by atoms with E-state index in [1.54, 1.807) is 0 Å². The molecule has 0 fully saturated rings. The first-order valence-electron chi connectivity index (χ1n) is 4.76. The molecule has 0 saturated heterocycles. The molecule has 1 rings (SSSR count). The molecular formula is C11H18O. The van der Waals surface area contributed by atoms with Crippen molar-refractivity contribution in [2.24, 2.45) is 11.3 Å². The normalized spacial score (nSPS) is 27.9. The highest BCUT2D eigenvalue weighted by Gasteiger charge is 2.27. The highest BCUT2D eigenvalue weighted by atomic mass is 16.1. The average Bonchev–Trinajstić information content (AvgIpc) is 2.04. The number of hydrogen-bond acceptors (Lipinski definition) is 1. The van der Waals surface area contributed by atoms with Crippen LogP contribution in [0.5, 0.6) is 0 Å². The summed E-state index contributed by atoms with van der Waals surface area (Å²) >= 11 is 0. The SMILES string of the molecule is CCC1=CC(C=O)CCC1(C)C. The zero-order chi connectivity index (χ0) is 9.19. The first-order valence-corrected chi connectivity index (χ1v) is 4.76. The van der Waals surface area contributed by atoms with Gasteiger partial charge in [0.15, 0.2) is 0 Å². The molecule has 1 atom stereocenters. The Balaban J connectivity index is 2.84. The van der Waals surface area contributed by atoms with Crippen molar-refractivity contribution in [2.75, 3.05) is 0 Å². The fourth-order valence-corrected chi connectivity index (χ4v) is 1.96. The summed E-state index contributed by atoms with van der Waals surface area (Å²) in [5.41, 5.74) is 1.78. The molecule has 1 nitrogen and oxygen atoms in total. The lowest BCUT2D eigenvalue weighted by molar-refractivity contribution is -0.110. The smallest absolute Gasteiger partial charge is 0.126 e. The van der Waals surface area contributed by atoms with E-state index in [1.807, 2.05) is 0 Å². The summed E-state index contributed by atoms with van der Waals surface area (Å²) in [6.07, 6.45) is 6.49. The minimum Gasteiger partial charge on any atom is -0.303 e. The van der Waals surface area contributed by atoms with Gasteiger partial charge in [-0.25, -0.2) is 0 Å². The molecule has 1 heteroatoms. The minimum absolute atomic E-state index is 0.188. The Kier molecular flexibility index (Phi) is 2.71. The number of hydrogen-bond donors (Lipinski definition) is 0. The van der Waals surface area contributed by atoms with Gasteiger partial charge in [0, 0.05) is 5.92 Å². The first kappa shape index (κ1) is 9.50. The van der Waals surface area contributed by atoms with Crippen molar-refractivity contribution in [3.63, 3.8) is 0 Å². The lowest BCUT2D eigenvalue weighted by Gasteiger charge is -2.33. The van der Waals surface area contributed by atoms with Crippen LogP contribution in [-0.4, -0.2) is 6.29 Å². The third-order valence-corrected chi connectivity index (χ3v) is 2.94. The summed E-state index contributed by atoms with van der Waals surface area (Å²) < 4.78 is 0. The van der Waals surface area contributed by atoms with Crippen molar-refractivity contribution in [1.82, 2.24) is 0 Å². The zero-order valence-electron chi connectivity index (χ0n) is 8.26. The molecule has 0 heterocycles. The molecule has 1 unspecified atom stereocenters. The third-order valence-electron chi connectivity index (χ3n) is 2.94. The molecule has 0 bridgehead atoms. The molecule has 68 valence electrons. The second kappa shape index (κ2) is 3.42. The predicted molar refractivity (Wildman–Crippen MR) is 50.9 cm³/mol. The molecular weight excluding hydrogens is 148 g/mol. The Bertz CT molecular complexity index is 201. The van der Waals surface area contributed by atoms with Crippen molar-refractivity contribution in [1.29, 1.82) is 0 Å². The molecule has 0 N–H and O–H groups in total. The molecule has 0 saturated carbocycles. The lowest BCUT2D eigenvalue weighted by atomic mass is 9.72. The number of carbonyl (C=O) groups excluding carboxylic acids is 1. The Labute approximate surface area is 74.9 Å². The van der Waals surface area contributed by atoms with Gasteiger partial charge >= 0.3 is 0 Å². The van der Waals surface area contributed by atoms with Gasteiger partial charge in [-0.2, -0.15) is 0 Å². The van der Waals surface area contributed by atoms with Gasteiger partial charge in [0.1, 0.15) is 6.29 Å². The summed E-state index contributed by atoms with van der Waals surface area (Å²) in [5, 5.41) is 0. The number of aldehydes is 1. The number of allylic oxidation sites excluding steroid dienone is 2. The monoisotopic (exact) mass is 166 g/mol. The van der Waals surface area contributed by atoms with Crippen LogP contribution in [0.2, 0.25) is 0 Å². The Hall–Kier alpha value is -0.590. The van der Waals surface area contributed by atoms with Crippen LogP contribution in [0.1, 0.15) is 40.0 Å². The van der Waals surface area contributed by atoms with Crippen LogP contribution in [0.4, 0.5) is 0 Å². The summed E-state index contributed by atoms with van der Waals surface area (Å²) in [6.45, 7) is 6.70. The van der Waals surface area contributed by atoms with Crippen LogP contribution in [0, 0.1) is 11.3 Å². The third kappa shape index (κ3) is 1.77. The molecule has 0 aromatic rings. The van der Waals surface area contributed by atoms with Gasteiger partial charge in [0.05, 0.1) is 0 Å². The molecule has 0 aliphatic heterocycles. The minimum atomic E-state index is 0.188. The molecule has 1 aliphatic carbocycles. The average molecular weight is 166 g/mol. The van der Waals surface area contributed by atoms with Crippen LogP contribution in [0.25, 0.3) is 0 Å². The van der Waals surface area contributed by atoms with Crippen molar-refractivity contribution in [3.8, 4) is 0 Å². The fraction of sp³-hybridized carbons (Fsp3) is 0.727. The van der Waals surface area contributed by atoms with Crippen LogP contribution < -0.4 is 0 Å².